The molecule has 0 fully saturated rings. The van der Waals surface area contributed by atoms with Gasteiger partial charge in [-0.25, -0.2) is 0 Å². The molecule has 0 aliphatic heterocycles. The molecule has 1 heteroatoms. The lowest BCUT2D eigenvalue weighted by Crippen LogP contribution is -2.28. The van der Waals surface area contributed by atoms with Gasteiger partial charge < -0.3 is 4.90 Å². The van der Waals surface area contributed by atoms with Gasteiger partial charge in [-0.15, -0.1) is 0 Å². The Labute approximate surface area is 405 Å². The SMILES string of the molecule is CC1(C)c2ccccc2-c2ccc(N(c3ccc(-c4cccc(-c5cccc6ccccc56)c4)cc3)c3ccc(-c4ccc5c(c4)C(c4ccccc4)(c4ccccc4)c4ccccc4-5)cc3)cc21. The molecule has 2 aliphatic rings. The number of rotatable bonds is 8. The third-order valence-electron chi connectivity index (χ3n) is 15.2. The highest BCUT2D eigenvalue weighted by Crippen LogP contribution is 2.57. The fourth-order valence-corrected chi connectivity index (χ4v) is 11.9. The topological polar surface area (TPSA) is 3.24 Å². The van der Waals surface area contributed by atoms with Gasteiger partial charge in [-0.1, -0.05) is 226 Å². The van der Waals surface area contributed by atoms with E-state index in [4.69, 9.17) is 0 Å². The summed E-state index contributed by atoms with van der Waals surface area (Å²) >= 11 is 0. The molecular formula is C68H49N. The molecule has 0 unspecified atom stereocenters. The van der Waals surface area contributed by atoms with Crippen LogP contribution in [0.15, 0.2) is 261 Å². The number of anilines is 3. The lowest BCUT2D eigenvalue weighted by Gasteiger charge is -2.34. The van der Waals surface area contributed by atoms with Crippen LogP contribution in [0.2, 0.25) is 0 Å². The molecule has 2 aliphatic carbocycles. The molecule has 13 rings (SSSR count). The number of hydrogen-bond acceptors (Lipinski definition) is 1. The molecule has 0 spiro atoms. The second-order valence-electron chi connectivity index (χ2n) is 19.2. The van der Waals surface area contributed by atoms with Crippen LogP contribution in [0.3, 0.4) is 0 Å². The quantitative estimate of drug-likeness (QED) is 0.147. The smallest absolute Gasteiger partial charge is 0.0713 e. The van der Waals surface area contributed by atoms with Gasteiger partial charge in [-0.2, -0.15) is 0 Å². The van der Waals surface area contributed by atoms with Crippen molar-refractivity contribution in [3.8, 4) is 55.6 Å². The van der Waals surface area contributed by atoms with E-state index in [0.717, 1.165) is 17.1 Å². The molecule has 1 nitrogen and oxygen atoms in total. The minimum atomic E-state index is -0.453. The van der Waals surface area contributed by atoms with Crippen LogP contribution in [-0.4, -0.2) is 0 Å². The fraction of sp³-hybridized carbons (Fsp3) is 0.0588. The average Bonchev–Trinajstić information content (AvgIpc) is 3.84. The predicted molar refractivity (Wildman–Crippen MR) is 290 cm³/mol. The van der Waals surface area contributed by atoms with Gasteiger partial charge >= 0.3 is 0 Å². The van der Waals surface area contributed by atoms with Crippen molar-refractivity contribution in [1.82, 2.24) is 0 Å². The summed E-state index contributed by atoms with van der Waals surface area (Å²) in [5.74, 6) is 0. The Bertz CT molecular complexity index is 3690. The summed E-state index contributed by atoms with van der Waals surface area (Å²) < 4.78 is 0. The lowest BCUT2D eigenvalue weighted by molar-refractivity contribution is 0.660. The normalized spacial score (nSPS) is 13.6. The molecule has 0 heterocycles. The molecular weight excluding hydrogens is 831 g/mol. The summed E-state index contributed by atoms with van der Waals surface area (Å²) in [6.45, 7) is 4.72. The van der Waals surface area contributed by atoms with Gasteiger partial charge in [0, 0.05) is 22.5 Å². The summed E-state index contributed by atoms with van der Waals surface area (Å²) in [4.78, 5) is 2.43. The zero-order valence-corrected chi connectivity index (χ0v) is 38.8. The number of fused-ring (bicyclic) bond motifs is 7. The van der Waals surface area contributed by atoms with Gasteiger partial charge in [0.2, 0.25) is 0 Å². The van der Waals surface area contributed by atoms with Crippen molar-refractivity contribution in [2.75, 3.05) is 4.90 Å². The molecule has 69 heavy (non-hydrogen) atoms. The van der Waals surface area contributed by atoms with Gasteiger partial charge in [0.05, 0.1) is 5.41 Å². The fourth-order valence-electron chi connectivity index (χ4n) is 11.9. The first-order valence-corrected chi connectivity index (χ1v) is 24.2. The van der Waals surface area contributed by atoms with Crippen molar-refractivity contribution >= 4 is 27.8 Å². The van der Waals surface area contributed by atoms with E-state index in [1.807, 2.05) is 0 Å². The van der Waals surface area contributed by atoms with Gasteiger partial charge in [0.1, 0.15) is 0 Å². The van der Waals surface area contributed by atoms with E-state index in [2.05, 4.69) is 280 Å². The number of nitrogens with zero attached hydrogens (tertiary/aromatic N) is 1. The van der Waals surface area contributed by atoms with Crippen molar-refractivity contribution in [1.29, 1.82) is 0 Å². The molecule has 0 N–H and O–H groups in total. The minimum absolute atomic E-state index is 0.127. The Morgan fingerprint density at radius 2 is 0.739 bits per heavy atom. The lowest BCUT2D eigenvalue weighted by atomic mass is 9.67. The molecule has 0 saturated carbocycles. The van der Waals surface area contributed by atoms with Gasteiger partial charge in [-0.05, 0) is 148 Å². The standard InChI is InChI=1S/C68H49N/c1-67(2)63-29-13-11-26-59(63)61-42-40-56(45-65(61)67)69(54-36-31-46(32-37-54)49-19-15-20-51(43-49)58-28-16-18-48-17-9-10-25-57(48)58)55-38-33-47(34-39-55)50-35-41-62-60-27-12-14-30-64(60)68(66(62)44-50,52-21-5-3-6-22-52)53-23-7-4-8-24-53/h3-45H,1-2H3. The van der Waals surface area contributed by atoms with E-state index >= 15 is 0 Å². The summed E-state index contributed by atoms with van der Waals surface area (Å²) in [6.07, 6.45) is 0. The van der Waals surface area contributed by atoms with E-state index in [0.29, 0.717) is 0 Å². The Kier molecular flexibility index (Phi) is 9.49. The van der Waals surface area contributed by atoms with Crippen LogP contribution < -0.4 is 4.90 Å². The minimum Gasteiger partial charge on any atom is -0.310 e. The summed E-state index contributed by atoms with van der Waals surface area (Å²) in [7, 11) is 0. The second-order valence-corrected chi connectivity index (χ2v) is 19.2. The largest absolute Gasteiger partial charge is 0.310 e. The first-order chi connectivity index (χ1) is 34.0. The molecule has 11 aromatic rings. The molecule has 11 aromatic carbocycles. The van der Waals surface area contributed by atoms with Crippen molar-refractivity contribution < 1.29 is 0 Å². The highest BCUT2D eigenvalue weighted by molar-refractivity contribution is 5.97. The highest BCUT2D eigenvalue weighted by atomic mass is 15.1. The third-order valence-corrected chi connectivity index (χ3v) is 15.2. The Hall–Kier alpha value is -8.52. The summed E-state index contributed by atoms with van der Waals surface area (Å²) in [5, 5.41) is 2.52. The van der Waals surface area contributed by atoms with Crippen molar-refractivity contribution in [3.05, 3.63) is 294 Å². The Balaban J connectivity index is 0.910. The van der Waals surface area contributed by atoms with Crippen LogP contribution in [0.4, 0.5) is 17.1 Å². The van der Waals surface area contributed by atoms with Gasteiger partial charge in [-0.3, -0.25) is 0 Å². The molecule has 0 atom stereocenters. The van der Waals surface area contributed by atoms with E-state index in [-0.39, 0.29) is 5.41 Å². The zero-order chi connectivity index (χ0) is 46.1. The average molecular weight is 880 g/mol. The molecule has 0 radical (unpaired) electrons. The summed E-state index contributed by atoms with van der Waals surface area (Å²) in [6, 6.07) is 96.7. The molecule has 0 aromatic heterocycles. The van der Waals surface area contributed by atoms with Crippen LogP contribution in [0, 0.1) is 0 Å². The van der Waals surface area contributed by atoms with Crippen LogP contribution in [0.5, 0.6) is 0 Å². The molecule has 0 saturated heterocycles. The molecule has 0 amide bonds. The number of hydrogen-bond donors (Lipinski definition) is 0. The third kappa shape index (κ3) is 6.46. The van der Waals surface area contributed by atoms with Gasteiger partial charge in [0.25, 0.3) is 0 Å². The molecule has 326 valence electrons. The van der Waals surface area contributed by atoms with Crippen LogP contribution in [0.1, 0.15) is 47.2 Å². The second kappa shape index (κ2) is 16.1. The monoisotopic (exact) mass is 879 g/mol. The zero-order valence-electron chi connectivity index (χ0n) is 38.8. The first-order valence-electron chi connectivity index (χ1n) is 24.2. The van der Waals surface area contributed by atoms with E-state index < -0.39 is 5.41 Å². The Morgan fingerprint density at radius 3 is 1.43 bits per heavy atom. The first kappa shape index (κ1) is 40.7. The van der Waals surface area contributed by atoms with Crippen molar-refractivity contribution in [3.63, 3.8) is 0 Å². The molecule has 0 bridgehead atoms. The van der Waals surface area contributed by atoms with Crippen LogP contribution in [0.25, 0.3) is 66.4 Å². The van der Waals surface area contributed by atoms with Crippen molar-refractivity contribution in [2.24, 2.45) is 0 Å². The van der Waals surface area contributed by atoms with E-state index in [1.54, 1.807) is 0 Å². The van der Waals surface area contributed by atoms with Crippen LogP contribution in [-0.2, 0) is 10.8 Å². The van der Waals surface area contributed by atoms with Crippen molar-refractivity contribution in [2.45, 2.75) is 24.7 Å². The maximum atomic E-state index is 2.45. The van der Waals surface area contributed by atoms with E-state index in [9.17, 15) is 0 Å². The maximum Gasteiger partial charge on any atom is 0.0713 e. The highest BCUT2D eigenvalue weighted by Gasteiger charge is 2.46. The maximum absolute atomic E-state index is 2.45. The van der Waals surface area contributed by atoms with Crippen LogP contribution >= 0.6 is 0 Å². The predicted octanol–water partition coefficient (Wildman–Crippen LogP) is 18.0. The van der Waals surface area contributed by atoms with E-state index in [1.165, 1.54) is 99.8 Å². The number of benzene rings is 11. The van der Waals surface area contributed by atoms with Gasteiger partial charge in [0.15, 0.2) is 0 Å². The Morgan fingerprint density at radius 1 is 0.275 bits per heavy atom. The summed E-state index contributed by atoms with van der Waals surface area (Å²) in [5.41, 5.74) is 23.1.